The van der Waals surface area contributed by atoms with Gasteiger partial charge in [-0.05, 0) is 29.5 Å². The van der Waals surface area contributed by atoms with Gasteiger partial charge in [-0.25, -0.2) is 0 Å². The average Bonchev–Trinajstić information content (AvgIpc) is 2.98. The monoisotopic (exact) mass is 274 g/mol. The molecule has 3 aromatic rings. The predicted molar refractivity (Wildman–Crippen MR) is 79.9 cm³/mol. The van der Waals surface area contributed by atoms with Crippen LogP contribution in [0.4, 0.5) is 0 Å². The van der Waals surface area contributed by atoms with Gasteiger partial charge in [-0.1, -0.05) is 30.3 Å². The number of nitrogens with two attached hydrogens (primary N) is 1. The Balaban J connectivity index is 1.86. The first-order valence-corrected chi connectivity index (χ1v) is 7.53. The Bertz CT molecular complexity index is 599. The summed E-state index contributed by atoms with van der Waals surface area (Å²) >= 11 is 3.61. The first kappa shape index (κ1) is 11.9. The maximum Gasteiger partial charge on any atom is 0.0594 e. The molecule has 2 heterocycles. The standard InChI is InChI=1S/C14H14N2S2/c15-16-11(8-10-4-2-1-3-5-10)13-9-14-12(18-13)6-7-17-14/h1-7,9,11,16H,8,15H2. The van der Waals surface area contributed by atoms with E-state index in [2.05, 4.69) is 47.2 Å². The summed E-state index contributed by atoms with van der Waals surface area (Å²) in [7, 11) is 0. The van der Waals surface area contributed by atoms with Crippen LogP contribution in [0.1, 0.15) is 16.5 Å². The average molecular weight is 274 g/mol. The number of hydrogen-bond acceptors (Lipinski definition) is 4. The minimum absolute atomic E-state index is 0.192. The molecule has 3 N–H and O–H groups in total. The van der Waals surface area contributed by atoms with E-state index >= 15 is 0 Å². The van der Waals surface area contributed by atoms with Crippen LogP contribution in [0.5, 0.6) is 0 Å². The van der Waals surface area contributed by atoms with Crippen LogP contribution in [-0.4, -0.2) is 0 Å². The molecule has 0 spiro atoms. The summed E-state index contributed by atoms with van der Waals surface area (Å²) in [6, 6.07) is 15.1. The molecular formula is C14H14N2S2. The highest BCUT2D eigenvalue weighted by Gasteiger charge is 2.14. The highest BCUT2D eigenvalue weighted by molar-refractivity contribution is 7.26. The fourth-order valence-electron chi connectivity index (χ4n) is 2.05. The first-order chi connectivity index (χ1) is 8.86. The maximum absolute atomic E-state index is 5.70. The van der Waals surface area contributed by atoms with Crippen LogP contribution in [0, 0.1) is 0 Å². The van der Waals surface area contributed by atoms with E-state index in [1.54, 1.807) is 11.3 Å². The lowest BCUT2D eigenvalue weighted by atomic mass is 10.1. The van der Waals surface area contributed by atoms with Gasteiger partial charge >= 0.3 is 0 Å². The molecule has 2 nitrogen and oxygen atoms in total. The SMILES string of the molecule is NNC(Cc1ccccc1)c1cc2sccc2s1. The fraction of sp³-hybridized carbons (Fsp3) is 0.143. The Morgan fingerprint density at radius 3 is 2.67 bits per heavy atom. The number of benzene rings is 1. The second-order valence-electron chi connectivity index (χ2n) is 4.21. The van der Waals surface area contributed by atoms with Gasteiger partial charge in [0.25, 0.3) is 0 Å². The normalized spacial score (nSPS) is 12.9. The predicted octanol–water partition coefficient (Wildman–Crippen LogP) is 3.71. The lowest BCUT2D eigenvalue weighted by Gasteiger charge is -2.13. The van der Waals surface area contributed by atoms with Crippen molar-refractivity contribution in [3.05, 3.63) is 58.3 Å². The van der Waals surface area contributed by atoms with Crippen molar-refractivity contribution in [1.29, 1.82) is 0 Å². The van der Waals surface area contributed by atoms with E-state index in [9.17, 15) is 0 Å². The van der Waals surface area contributed by atoms with E-state index in [1.165, 1.54) is 19.8 Å². The lowest BCUT2D eigenvalue weighted by Crippen LogP contribution is -2.28. The topological polar surface area (TPSA) is 38.0 Å². The molecule has 1 unspecified atom stereocenters. The summed E-state index contributed by atoms with van der Waals surface area (Å²) in [5.41, 5.74) is 4.24. The molecule has 3 rings (SSSR count). The molecule has 0 amide bonds. The third kappa shape index (κ3) is 2.33. The van der Waals surface area contributed by atoms with Crippen LogP contribution in [0.2, 0.25) is 0 Å². The molecule has 1 atom stereocenters. The molecule has 18 heavy (non-hydrogen) atoms. The lowest BCUT2D eigenvalue weighted by molar-refractivity contribution is 0.561. The summed E-state index contributed by atoms with van der Waals surface area (Å²) in [5.74, 6) is 5.70. The Hall–Kier alpha value is -1.20. The van der Waals surface area contributed by atoms with Crippen LogP contribution in [0.25, 0.3) is 9.40 Å². The number of hydrogen-bond donors (Lipinski definition) is 2. The van der Waals surface area contributed by atoms with Gasteiger partial charge in [0.15, 0.2) is 0 Å². The third-order valence-electron chi connectivity index (χ3n) is 2.99. The van der Waals surface area contributed by atoms with Crippen molar-refractivity contribution in [2.24, 2.45) is 5.84 Å². The molecule has 0 aliphatic rings. The van der Waals surface area contributed by atoms with Gasteiger partial charge in [-0.15, -0.1) is 22.7 Å². The highest BCUT2D eigenvalue weighted by Crippen LogP contribution is 2.34. The molecule has 0 radical (unpaired) electrons. The van der Waals surface area contributed by atoms with E-state index in [-0.39, 0.29) is 6.04 Å². The Morgan fingerprint density at radius 2 is 1.94 bits per heavy atom. The highest BCUT2D eigenvalue weighted by atomic mass is 32.1. The van der Waals surface area contributed by atoms with E-state index in [1.807, 2.05) is 17.4 Å². The Labute approximate surface area is 114 Å². The van der Waals surface area contributed by atoms with Crippen LogP contribution in [0.3, 0.4) is 0 Å². The molecule has 2 aromatic heterocycles. The summed E-state index contributed by atoms with van der Waals surface area (Å²) in [5, 5.41) is 2.13. The summed E-state index contributed by atoms with van der Waals surface area (Å²) in [6.45, 7) is 0. The Morgan fingerprint density at radius 1 is 1.11 bits per heavy atom. The van der Waals surface area contributed by atoms with E-state index in [0.29, 0.717) is 0 Å². The van der Waals surface area contributed by atoms with Crippen LogP contribution >= 0.6 is 22.7 Å². The third-order valence-corrected chi connectivity index (χ3v) is 5.19. The smallest absolute Gasteiger partial charge is 0.0594 e. The zero-order valence-corrected chi connectivity index (χ0v) is 11.4. The van der Waals surface area contributed by atoms with Crippen LogP contribution in [-0.2, 0) is 6.42 Å². The number of thiophene rings is 2. The number of nitrogens with one attached hydrogen (secondary N) is 1. The van der Waals surface area contributed by atoms with Crippen molar-refractivity contribution in [2.45, 2.75) is 12.5 Å². The van der Waals surface area contributed by atoms with E-state index in [0.717, 1.165) is 6.42 Å². The second-order valence-corrected chi connectivity index (χ2v) is 6.27. The number of rotatable bonds is 4. The maximum atomic E-state index is 5.70. The summed E-state index contributed by atoms with van der Waals surface area (Å²) in [4.78, 5) is 1.31. The zero-order valence-electron chi connectivity index (χ0n) is 9.80. The zero-order chi connectivity index (χ0) is 12.4. The molecule has 0 aliphatic carbocycles. The molecule has 0 saturated carbocycles. The van der Waals surface area contributed by atoms with Gasteiger partial charge < -0.3 is 0 Å². The molecule has 0 aliphatic heterocycles. The van der Waals surface area contributed by atoms with Crippen molar-refractivity contribution in [3.8, 4) is 0 Å². The Kier molecular flexibility index (Phi) is 3.43. The van der Waals surface area contributed by atoms with Crippen molar-refractivity contribution < 1.29 is 0 Å². The largest absolute Gasteiger partial charge is 0.271 e. The van der Waals surface area contributed by atoms with Crippen molar-refractivity contribution in [3.63, 3.8) is 0 Å². The number of hydrazine groups is 1. The molecule has 1 aromatic carbocycles. The minimum atomic E-state index is 0.192. The first-order valence-electron chi connectivity index (χ1n) is 5.84. The van der Waals surface area contributed by atoms with Gasteiger partial charge in [0.2, 0.25) is 0 Å². The van der Waals surface area contributed by atoms with E-state index in [4.69, 9.17) is 5.84 Å². The van der Waals surface area contributed by atoms with Crippen molar-refractivity contribution in [2.75, 3.05) is 0 Å². The molecule has 4 heteroatoms. The van der Waals surface area contributed by atoms with Gasteiger partial charge in [-0.2, -0.15) is 0 Å². The van der Waals surface area contributed by atoms with Crippen LogP contribution < -0.4 is 11.3 Å². The molecule has 0 saturated heterocycles. The van der Waals surface area contributed by atoms with Gasteiger partial charge in [0.05, 0.1) is 6.04 Å². The second kappa shape index (κ2) is 5.20. The van der Waals surface area contributed by atoms with Gasteiger partial charge in [0.1, 0.15) is 0 Å². The van der Waals surface area contributed by atoms with Gasteiger partial charge in [-0.3, -0.25) is 11.3 Å². The summed E-state index contributed by atoms with van der Waals surface area (Å²) in [6.07, 6.45) is 0.922. The van der Waals surface area contributed by atoms with E-state index < -0.39 is 0 Å². The van der Waals surface area contributed by atoms with Crippen molar-refractivity contribution in [1.82, 2.24) is 5.43 Å². The molecule has 92 valence electrons. The fourth-order valence-corrected chi connectivity index (χ4v) is 4.23. The van der Waals surface area contributed by atoms with Crippen LogP contribution in [0.15, 0.2) is 47.8 Å². The summed E-state index contributed by atoms with van der Waals surface area (Å²) < 4.78 is 2.70. The van der Waals surface area contributed by atoms with Crippen molar-refractivity contribution >= 4 is 32.1 Å². The van der Waals surface area contributed by atoms with Gasteiger partial charge in [0, 0.05) is 14.3 Å². The minimum Gasteiger partial charge on any atom is -0.271 e. The molecular weight excluding hydrogens is 260 g/mol. The molecule has 0 fully saturated rings. The quantitative estimate of drug-likeness (QED) is 0.562. The molecule has 0 bridgehead atoms. The number of fused-ring (bicyclic) bond motifs is 1.